The third kappa shape index (κ3) is 3.63. The summed E-state index contributed by atoms with van der Waals surface area (Å²) in [4.78, 5) is 13.2. The van der Waals surface area contributed by atoms with Gasteiger partial charge in [-0.1, -0.05) is 12.8 Å². The summed E-state index contributed by atoms with van der Waals surface area (Å²) in [6, 6.07) is 0.802. The molecule has 0 spiro atoms. The molecule has 2 N–H and O–H groups in total. The number of fused-ring (bicyclic) bond motifs is 1. The largest absolute Gasteiger partial charge is 0.468 e. The monoisotopic (exact) mass is 347 g/mol. The van der Waals surface area contributed by atoms with Crippen LogP contribution in [0.3, 0.4) is 0 Å². The van der Waals surface area contributed by atoms with E-state index in [2.05, 4.69) is 15.0 Å². The minimum absolute atomic E-state index is 0.288. The number of imidazole rings is 1. The van der Waals surface area contributed by atoms with E-state index in [4.69, 9.17) is 19.9 Å². The highest BCUT2D eigenvalue weighted by atomic mass is 16.5. The molecule has 2 aliphatic rings. The van der Waals surface area contributed by atoms with Gasteiger partial charge in [0.05, 0.1) is 19.8 Å². The first-order valence-corrected chi connectivity index (χ1v) is 9.06. The van der Waals surface area contributed by atoms with Gasteiger partial charge in [-0.2, -0.15) is 15.0 Å². The van der Waals surface area contributed by atoms with Gasteiger partial charge in [0.1, 0.15) is 0 Å². The second-order valence-electron chi connectivity index (χ2n) is 6.82. The van der Waals surface area contributed by atoms with Gasteiger partial charge in [-0.25, -0.2) is 0 Å². The Morgan fingerprint density at radius 1 is 1.20 bits per heavy atom. The van der Waals surface area contributed by atoms with Gasteiger partial charge in [0.25, 0.3) is 6.01 Å². The van der Waals surface area contributed by atoms with Crippen molar-refractivity contribution >= 4 is 17.0 Å². The fourth-order valence-corrected chi connectivity index (χ4v) is 3.27. The van der Waals surface area contributed by atoms with Crippen molar-refractivity contribution in [3.05, 3.63) is 0 Å². The summed E-state index contributed by atoms with van der Waals surface area (Å²) in [6.07, 6.45) is 7.06. The normalized spacial score (nSPS) is 20.3. The maximum Gasteiger partial charge on any atom is 0.320 e. The number of anilines is 1. The third-order valence-corrected chi connectivity index (χ3v) is 4.90. The lowest BCUT2D eigenvalue weighted by atomic mass is 10.2. The number of nitrogens with two attached hydrogens (primary N) is 1. The smallest absolute Gasteiger partial charge is 0.320 e. The van der Waals surface area contributed by atoms with E-state index in [1.54, 1.807) is 7.11 Å². The number of ether oxygens (including phenoxy) is 3. The van der Waals surface area contributed by atoms with Gasteiger partial charge in [-0.15, -0.1) is 0 Å². The number of methoxy groups -OCH3 is 1. The topological polar surface area (TPSA) is 97.3 Å². The van der Waals surface area contributed by atoms with Gasteiger partial charge in [0, 0.05) is 13.2 Å². The maximum absolute atomic E-state index is 6.07. The van der Waals surface area contributed by atoms with Crippen molar-refractivity contribution < 1.29 is 14.2 Å². The van der Waals surface area contributed by atoms with Crippen LogP contribution >= 0.6 is 0 Å². The molecule has 1 atom stereocenters. The zero-order valence-electron chi connectivity index (χ0n) is 14.6. The van der Waals surface area contributed by atoms with Crippen molar-refractivity contribution in [1.29, 1.82) is 0 Å². The van der Waals surface area contributed by atoms with Crippen LogP contribution in [0.4, 0.5) is 5.82 Å². The van der Waals surface area contributed by atoms with Crippen LogP contribution in [-0.2, 0) is 11.3 Å². The van der Waals surface area contributed by atoms with Crippen LogP contribution in [0, 0.1) is 5.92 Å². The highest BCUT2D eigenvalue weighted by Gasteiger charge is 2.22. The molecule has 2 aromatic heterocycles. The zero-order chi connectivity index (χ0) is 17.2. The lowest BCUT2D eigenvalue weighted by Crippen LogP contribution is -2.12. The Hall–Kier alpha value is -2.09. The Bertz CT molecular complexity index is 737. The van der Waals surface area contributed by atoms with Crippen LogP contribution in [-0.4, -0.2) is 45.9 Å². The van der Waals surface area contributed by atoms with E-state index in [0.29, 0.717) is 42.2 Å². The molecular formula is C17H25N5O3. The fraction of sp³-hybridized carbons (Fsp3) is 0.706. The number of nitrogens with zero attached hydrogens (tertiary/aromatic N) is 4. The van der Waals surface area contributed by atoms with Crippen molar-refractivity contribution in [2.75, 3.05) is 26.1 Å². The van der Waals surface area contributed by atoms with Crippen molar-refractivity contribution in [3.63, 3.8) is 0 Å². The molecule has 0 amide bonds. The number of aromatic nitrogens is 4. The number of nitrogen functional groups attached to an aromatic ring is 1. The fourth-order valence-electron chi connectivity index (χ4n) is 3.27. The van der Waals surface area contributed by atoms with E-state index < -0.39 is 0 Å². The van der Waals surface area contributed by atoms with Crippen molar-refractivity contribution in [2.24, 2.45) is 5.92 Å². The van der Waals surface area contributed by atoms with Crippen molar-refractivity contribution in [1.82, 2.24) is 19.5 Å². The molecule has 3 heterocycles. The highest BCUT2D eigenvalue weighted by Crippen LogP contribution is 2.32. The second-order valence-corrected chi connectivity index (χ2v) is 6.82. The van der Waals surface area contributed by atoms with E-state index >= 15 is 0 Å². The van der Waals surface area contributed by atoms with Crippen LogP contribution in [0.2, 0.25) is 0 Å². The summed E-state index contributed by atoms with van der Waals surface area (Å²) in [6.45, 7) is 2.18. The zero-order valence-corrected chi connectivity index (χ0v) is 14.6. The molecule has 25 heavy (non-hydrogen) atoms. The quantitative estimate of drug-likeness (QED) is 0.781. The van der Waals surface area contributed by atoms with Gasteiger partial charge in [0.15, 0.2) is 17.0 Å². The lowest BCUT2D eigenvalue weighted by molar-refractivity contribution is 0.0999. The Kier molecular flexibility index (Phi) is 4.61. The van der Waals surface area contributed by atoms with Crippen LogP contribution in [0.5, 0.6) is 12.0 Å². The number of rotatable bonds is 8. The van der Waals surface area contributed by atoms with Gasteiger partial charge in [-0.05, 0) is 31.6 Å². The summed E-state index contributed by atoms with van der Waals surface area (Å²) >= 11 is 0. The van der Waals surface area contributed by atoms with Gasteiger partial charge < -0.3 is 19.9 Å². The molecule has 1 aliphatic heterocycles. The first-order chi connectivity index (χ1) is 12.2. The van der Waals surface area contributed by atoms with Gasteiger partial charge in [-0.3, -0.25) is 4.57 Å². The number of hydrogen-bond acceptors (Lipinski definition) is 7. The van der Waals surface area contributed by atoms with Crippen molar-refractivity contribution in [2.45, 2.75) is 51.2 Å². The third-order valence-electron chi connectivity index (χ3n) is 4.90. The van der Waals surface area contributed by atoms with E-state index in [-0.39, 0.29) is 6.10 Å². The van der Waals surface area contributed by atoms with E-state index in [9.17, 15) is 0 Å². The molecule has 2 aromatic rings. The van der Waals surface area contributed by atoms with Gasteiger partial charge >= 0.3 is 6.01 Å². The molecule has 0 radical (unpaired) electrons. The van der Waals surface area contributed by atoms with Crippen LogP contribution in [0.25, 0.3) is 11.2 Å². The Morgan fingerprint density at radius 2 is 2.08 bits per heavy atom. The molecule has 8 heteroatoms. The molecule has 1 saturated heterocycles. The van der Waals surface area contributed by atoms with E-state index in [1.165, 1.54) is 12.8 Å². The molecule has 136 valence electrons. The SMILES string of the molecule is COc1nc2c(N)nc(OCCC3CC3)nc2n1CCC1CCCO1. The minimum atomic E-state index is 0.288. The summed E-state index contributed by atoms with van der Waals surface area (Å²) in [5, 5.41) is 0. The molecule has 1 aliphatic carbocycles. The standard InChI is InChI=1S/C17H25N5O3/c1-23-17-19-13-14(18)20-16(25-10-7-11-4-5-11)21-15(13)22(17)8-6-12-3-2-9-24-12/h11-12H,2-10H2,1H3,(H2,18,20,21). The second kappa shape index (κ2) is 7.03. The molecular weight excluding hydrogens is 322 g/mol. The molecule has 0 bridgehead atoms. The first kappa shape index (κ1) is 16.4. The van der Waals surface area contributed by atoms with Crippen LogP contribution in [0.1, 0.15) is 38.5 Å². The predicted octanol–water partition coefficient (Wildman–Crippen LogP) is 2.17. The summed E-state index contributed by atoms with van der Waals surface area (Å²) in [5.74, 6) is 1.12. The Morgan fingerprint density at radius 3 is 2.80 bits per heavy atom. The first-order valence-electron chi connectivity index (χ1n) is 9.06. The Balaban J connectivity index is 1.55. The van der Waals surface area contributed by atoms with Crippen LogP contribution in [0.15, 0.2) is 0 Å². The minimum Gasteiger partial charge on any atom is -0.468 e. The molecule has 0 aromatic carbocycles. The van der Waals surface area contributed by atoms with E-state index in [1.807, 2.05) is 4.57 Å². The van der Waals surface area contributed by atoms with Crippen molar-refractivity contribution in [3.8, 4) is 12.0 Å². The molecule has 8 nitrogen and oxygen atoms in total. The maximum atomic E-state index is 6.07. The molecule has 1 unspecified atom stereocenters. The molecule has 2 fully saturated rings. The predicted molar refractivity (Wildman–Crippen MR) is 92.7 cm³/mol. The summed E-state index contributed by atoms with van der Waals surface area (Å²) < 4.78 is 18.8. The average molecular weight is 347 g/mol. The lowest BCUT2D eigenvalue weighted by Gasteiger charge is -2.12. The van der Waals surface area contributed by atoms with E-state index in [0.717, 1.165) is 38.2 Å². The summed E-state index contributed by atoms with van der Waals surface area (Å²) in [7, 11) is 1.60. The molecule has 1 saturated carbocycles. The number of aryl methyl sites for hydroxylation is 1. The average Bonchev–Trinajstić information content (AvgIpc) is 3.15. The van der Waals surface area contributed by atoms with Crippen LogP contribution < -0.4 is 15.2 Å². The summed E-state index contributed by atoms with van der Waals surface area (Å²) in [5.41, 5.74) is 7.28. The highest BCUT2D eigenvalue weighted by molar-refractivity contribution is 5.83. The van der Waals surface area contributed by atoms with Gasteiger partial charge in [0.2, 0.25) is 0 Å². The molecule has 4 rings (SSSR count). The Labute approximate surface area is 146 Å². The number of hydrogen-bond donors (Lipinski definition) is 1.